The van der Waals surface area contributed by atoms with E-state index in [0.717, 1.165) is 51.0 Å². The Hall–Kier alpha value is -2.07. The minimum Gasteiger partial charge on any atom is -0.493 e. The van der Waals surface area contributed by atoms with E-state index in [1.165, 1.54) is 19.3 Å². The van der Waals surface area contributed by atoms with Crippen LogP contribution in [0.3, 0.4) is 0 Å². The largest absolute Gasteiger partial charge is 0.493 e. The molecule has 0 unspecified atom stereocenters. The lowest BCUT2D eigenvalue weighted by molar-refractivity contribution is 0.344. The standard InChI is InChI=1S/C20H21NO2S/c1-2-22-16-12-17-20(15-9-5-4-8-14(15)16)18(24)13-19(23-17)21-10-6-3-7-11-21/h4-5,8-9,12-13H,2-3,6-7,10-11H2,1H3. The Morgan fingerprint density at radius 3 is 2.58 bits per heavy atom. The van der Waals surface area contributed by atoms with Gasteiger partial charge >= 0.3 is 0 Å². The van der Waals surface area contributed by atoms with Gasteiger partial charge in [0, 0.05) is 36.0 Å². The molecule has 0 atom stereocenters. The summed E-state index contributed by atoms with van der Waals surface area (Å²) in [5, 5.41) is 3.18. The first kappa shape index (κ1) is 15.5. The van der Waals surface area contributed by atoms with Crippen molar-refractivity contribution >= 4 is 39.8 Å². The second-order valence-corrected chi connectivity index (χ2v) is 6.66. The highest BCUT2D eigenvalue weighted by Gasteiger charge is 2.16. The Labute approximate surface area is 146 Å². The van der Waals surface area contributed by atoms with E-state index in [1.54, 1.807) is 0 Å². The van der Waals surface area contributed by atoms with Gasteiger partial charge in [-0.3, -0.25) is 0 Å². The average Bonchev–Trinajstić information content (AvgIpc) is 2.62. The molecule has 1 aliphatic rings. The molecule has 3 aromatic rings. The number of fused-ring (bicyclic) bond motifs is 3. The maximum atomic E-state index is 6.26. The van der Waals surface area contributed by atoms with Gasteiger partial charge in [-0.1, -0.05) is 36.5 Å². The zero-order chi connectivity index (χ0) is 16.5. The van der Waals surface area contributed by atoms with Crippen LogP contribution < -0.4 is 9.64 Å². The SMILES string of the molecule is CCOc1cc2oc(N3CCCCC3)cc(=S)c2c2ccccc12. The number of anilines is 1. The van der Waals surface area contributed by atoms with Gasteiger partial charge in [0.05, 0.1) is 11.1 Å². The fourth-order valence-electron chi connectivity index (χ4n) is 3.52. The van der Waals surface area contributed by atoms with E-state index < -0.39 is 0 Å². The molecule has 1 aromatic heterocycles. The van der Waals surface area contributed by atoms with Crippen molar-refractivity contribution in [3.63, 3.8) is 0 Å². The summed E-state index contributed by atoms with van der Waals surface area (Å²) >= 11 is 5.72. The molecule has 0 saturated carbocycles. The molecule has 3 nitrogen and oxygen atoms in total. The molecule has 1 fully saturated rings. The minimum atomic E-state index is 0.627. The number of hydrogen-bond donors (Lipinski definition) is 0. The molecular formula is C20H21NO2S. The molecule has 1 aliphatic heterocycles. The highest BCUT2D eigenvalue weighted by molar-refractivity contribution is 7.71. The molecule has 2 aromatic carbocycles. The number of piperidine rings is 1. The summed E-state index contributed by atoms with van der Waals surface area (Å²) in [5.74, 6) is 1.74. The highest BCUT2D eigenvalue weighted by Crippen LogP contribution is 2.36. The molecule has 0 amide bonds. The van der Waals surface area contributed by atoms with Gasteiger partial charge in [0.2, 0.25) is 0 Å². The van der Waals surface area contributed by atoms with E-state index in [2.05, 4.69) is 17.0 Å². The molecule has 2 heterocycles. The summed E-state index contributed by atoms with van der Waals surface area (Å²) in [7, 11) is 0. The van der Waals surface area contributed by atoms with Crippen molar-refractivity contribution in [3.8, 4) is 5.75 Å². The van der Waals surface area contributed by atoms with Crippen LogP contribution in [0.1, 0.15) is 26.2 Å². The van der Waals surface area contributed by atoms with Crippen LogP contribution in [0.25, 0.3) is 21.7 Å². The van der Waals surface area contributed by atoms with E-state index >= 15 is 0 Å². The maximum absolute atomic E-state index is 6.26. The van der Waals surface area contributed by atoms with Crippen molar-refractivity contribution in [2.45, 2.75) is 26.2 Å². The van der Waals surface area contributed by atoms with Crippen molar-refractivity contribution in [2.75, 3.05) is 24.6 Å². The maximum Gasteiger partial charge on any atom is 0.197 e. The summed E-state index contributed by atoms with van der Waals surface area (Å²) in [6.45, 7) is 4.70. The van der Waals surface area contributed by atoms with Crippen LogP contribution in [0.5, 0.6) is 5.75 Å². The second kappa shape index (κ2) is 6.44. The summed E-state index contributed by atoms with van der Waals surface area (Å²) in [4.78, 5) is 2.30. The zero-order valence-corrected chi connectivity index (χ0v) is 14.7. The van der Waals surface area contributed by atoms with E-state index in [4.69, 9.17) is 21.4 Å². The fourth-order valence-corrected chi connectivity index (χ4v) is 3.84. The predicted molar refractivity (Wildman–Crippen MR) is 102 cm³/mol. The quantitative estimate of drug-likeness (QED) is 0.451. The first-order valence-electron chi connectivity index (χ1n) is 8.65. The third kappa shape index (κ3) is 2.65. The van der Waals surface area contributed by atoms with E-state index in [-0.39, 0.29) is 0 Å². The minimum absolute atomic E-state index is 0.627. The topological polar surface area (TPSA) is 25.6 Å². The van der Waals surface area contributed by atoms with Gasteiger partial charge < -0.3 is 14.1 Å². The molecule has 0 spiro atoms. The lowest BCUT2D eigenvalue weighted by atomic mass is 10.0. The molecule has 0 bridgehead atoms. The molecule has 0 N–H and O–H groups in total. The van der Waals surface area contributed by atoms with Crippen LogP contribution in [0.4, 0.5) is 5.88 Å². The van der Waals surface area contributed by atoms with Crippen LogP contribution in [-0.4, -0.2) is 19.7 Å². The van der Waals surface area contributed by atoms with Gasteiger partial charge in [-0.15, -0.1) is 0 Å². The average molecular weight is 339 g/mol. The molecule has 0 aliphatic carbocycles. The molecular weight excluding hydrogens is 318 g/mol. The van der Waals surface area contributed by atoms with Crippen molar-refractivity contribution in [3.05, 3.63) is 40.9 Å². The van der Waals surface area contributed by atoms with E-state index in [9.17, 15) is 0 Å². The molecule has 1 saturated heterocycles. The summed E-state index contributed by atoms with van der Waals surface area (Å²) in [6.07, 6.45) is 3.72. The Bertz CT molecular complexity index is 941. The Balaban J connectivity index is 1.96. The van der Waals surface area contributed by atoms with Crippen molar-refractivity contribution in [2.24, 2.45) is 0 Å². The molecule has 0 radical (unpaired) electrons. The Kier molecular flexibility index (Phi) is 4.15. The smallest absolute Gasteiger partial charge is 0.197 e. The summed E-state index contributed by atoms with van der Waals surface area (Å²) < 4.78 is 12.9. The number of hydrogen-bond acceptors (Lipinski definition) is 4. The number of ether oxygens (including phenoxy) is 1. The van der Waals surface area contributed by atoms with Crippen molar-refractivity contribution in [1.82, 2.24) is 0 Å². The van der Waals surface area contributed by atoms with Gasteiger partial charge in [-0.25, -0.2) is 0 Å². The lowest BCUT2D eigenvalue weighted by Gasteiger charge is -2.27. The van der Waals surface area contributed by atoms with Crippen LogP contribution in [0.15, 0.2) is 40.8 Å². The van der Waals surface area contributed by atoms with Crippen LogP contribution in [0, 0.1) is 4.51 Å². The normalized spacial score (nSPS) is 15.1. The number of nitrogens with zero attached hydrogens (tertiary/aromatic N) is 1. The third-order valence-electron chi connectivity index (χ3n) is 4.65. The molecule has 4 rings (SSSR count). The van der Waals surface area contributed by atoms with Crippen molar-refractivity contribution in [1.29, 1.82) is 0 Å². The molecule has 4 heteroatoms. The Morgan fingerprint density at radius 2 is 1.83 bits per heavy atom. The van der Waals surface area contributed by atoms with E-state index in [1.807, 2.05) is 31.2 Å². The summed E-state index contributed by atoms with van der Waals surface area (Å²) in [6, 6.07) is 12.2. The molecule has 24 heavy (non-hydrogen) atoms. The van der Waals surface area contributed by atoms with Gasteiger partial charge in [-0.2, -0.15) is 0 Å². The van der Waals surface area contributed by atoms with Crippen LogP contribution in [-0.2, 0) is 0 Å². The second-order valence-electron chi connectivity index (χ2n) is 6.22. The van der Waals surface area contributed by atoms with E-state index in [0.29, 0.717) is 6.61 Å². The summed E-state index contributed by atoms with van der Waals surface area (Å²) in [5.41, 5.74) is 0.810. The van der Waals surface area contributed by atoms with Crippen LogP contribution in [0.2, 0.25) is 0 Å². The first-order chi connectivity index (χ1) is 11.8. The highest BCUT2D eigenvalue weighted by atomic mass is 32.1. The van der Waals surface area contributed by atoms with Crippen LogP contribution >= 0.6 is 12.2 Å². The number of benzene rings is 2. The van der Waals surface area contributed by atoms with Gasteiger partial charge in [0.15, 0.2) is 5.88 Å². The van der Waals surface area contributed by atoms with Gasteiger partial charge in [0.25, 0.3) is 0 Å². The predicted octanol–water partition coefficient (Wildman–Crippen LogP) is 5.70. The van der Waals surface area contributed by atoms with Gasteiger partial charge in [-0.05, 0) is 31.6 Å². The first-order valence-corrected chi connectivity index (χ1v) is 9.06. The number of rotatable bonds is 3. The molecule has 124 valence electrons. The zero-order valence-electron chi connectivity index (χ0n) is 13.9. The van der Waals surface area contributed by atoms with Gasteiger partial charge in [0.1, 0.15) is 11.3 Å². The van der Waals surface area contributed by atoms with Crippen molar-refractivity contribution < 1.29 is 9.15 Å². The lowest BCUT2D eigenvalue weighted by Crippen LogP contribution is -2.29. The third-order valence-corrected chi connectivity index (χ3v) is 4.98. The Morgan fingerprint density at radius 1 is 1.08 bits per heavy atom. The monoisotopic (exact) mass is 339 g/mol. The fraction of sp³-hybridized carbons (Fsp3) is 0.350.